The van der Waals surface area contributed by atoms with Crippen molar-refractivity contribution < 1.29 is 9.36 Å². The highest BCUT2D eigenvalue weighted by molar-refractivity contribution is 7.44. The highest BCUT2D eigenvalue weighted by atomic mass is 31.1. The second kappa shape index (κ2) is 3.83. The van der Waals surface area contributed by atoms with E-state index in [1.54, 1.807) is 0 Å². The van der Waals surface area contributed by atoms with Gasteiger partial charge < -0.3 is 9.46 Å². The molecule has 1 rings (SSSR count). The average molecular weight is 203 g/mol. The molecular weight excluding hydrogens is 185 g/mol. The van der Waals surface area contributed by atoms with E-state index in [1.165, 1.54) is 0 Å². The van der Waals surface area contributed by atoms with Gasteiger partial charge in [-0.3, -0.25) is 4.79 Å². The van der Waals surface area contributed by atoms with E-state index in [0.717, 1.165) is 0 Å². The Morgan fingerprint density at radius 3 is 2.08 bits per heavy atom. The van der Waals surface area contributed by atoms with Gasteiger partial charge in [0.05, 0.1) is 7.80 Å². The van der Waals surface area contributed by atoms with Crippen molar-refractivity contribution in [3.05, 3.63) is 0 Å². The summed E-state index contributed by atoms with van der Waals surface area (Å²) in [5.74, 6) is 0.182. The molecule has 0 unspecified atom stereocenters. The number of hydrogen-bond donors (Lipinski definition) is 0. The molecule has 0 aromatic heterocycles. The minimum Gasteiger partial charge on any atom is -0.341 e. The second-order valence-corrected chi connectivity index (χ2v) is 6.66. The van der Waals surface area contributed by atoms with Crippen molar-refractivity contribution in [2.24, 2.45) is 5.41 Å². The van der Waals surface area contributed by atoms with Gasteiger partial charge in [-0.2, -0.15) is 0 Å². The van der Waals surface area contributed by atoms with Crippen LogP contribution in [0.4, 0.5) is 0 Å². The van der Waals surface area contributed by atoms with Gasteiger partial charge in [-0.25, -0.2) is 0 Å². The molecule has 0 saturated carbocycles. The summed E-state index contributed by atoms with van der Waals surface area (Å²) in [4.78, 5) is 13.6. The van der Waals surface area contributed by atoms with Crippen LogP contribution in [0.2, 0.25) is 0 Å². The molecule has 3 nitrogen and oxygen atoms in total. The zero-order chi connectivity index (χ0) is 10.1. The van der Waals surface area contributed by atoms with Gasteiger partial charge in [0.25, 0.3) is 0 Å². The molecule has 0 N–H and O–H groups in total. The molecule has 0 bridgehead atoms. The molecule has 76 valence electrons. The Morgan fingerprint density at radius 1 is 1.23 bits per heavy atom. The van der Waals surface area contributed by atoms with Crippen molar-refractivity contribution in [2.45, 2.75) is 20.8 Å². The van der Waals surface area contributed by atoms with Gasteiger partial charge >= 0.3 is 0 Å². The van der Waals surface area contributed by atoms with E-state index in [1.807, 2.05) is 25.7 Å². The van der Waals surface area contributed by atoms with Crippen LogP contribution in [0.1, 0.15) is 20.8 Å². The van der Waals surface area contributed by atoms with E-state index >= 15 is 0 Å². The van der Waals surface area contributed by atoms with Crippen LogP contribution in [0, 0.1) is 5.41 Å². The predicted molar refractivity (Wildman–Crippen MR) is 54.8 cm³/mol. The molecule has 0 aromatic rings. The van der Waals surface area contributed by atoms with Gasteiger partial charge in [0, 0.05) is 30.8 Å². The highest BCUT2D eigenvalue weighted by Crippen LogP contribution is 2.27. The van der Waals surface area contributed by atoms with Crippen molar-refractivity contribution in [3.63, 3.8) is 0 Å². The summed E-state index contributed by atoms with van der Waals surface area (Å²) in [5.41, 5.74) is -0.298. The molecule has 0 atom stereocenters. The normalized spacial score (nSPS) is 20.4. The molecule has 1 heterocycles. The summed E-state index contributed by atoms with van der Waals surface area (Å²) >= 11 is 0. The van der Waals surface area contributed by atoms with Crippen LogP contribution in [0.5, 0.6) is 0 Å². The van der Waals surface area contributed by atoms with Gasteiger partial charge in [0.15, 0.2) is 0 Å². The Kier molecular flexibility index (Phi) is 3.18. The fourth-order valence-electron chi connectivity index (χ4n) is 1.43. The Labute approximate surface area is 80.3 Å². The zero-order valence-electron chi connectivity index (χ0n) is 8.59. The molecule has 1 fully saturated rings. The second-order valence-electron chi connectivity index (χ2n) is 4.58. The highest BCUT2D eigenvalue weighted by Gasteiger charge is 2.29. The van der Waals surface area contributed by atoms with Crippen LogP contribution < -0.4 is 0 Å². The van der Waals surface area contributed by atoms with Gasteiger partial charge in [-0.15, -0.1) is 0 Å². The topological polar surface area (TPSA) is 37.4 Å². The predicted octanol–water partition coefficient (Wildman–Crippen LogP) is 1.43. The van der Waals surface area contributed by atoms with E-state index in [4.69, 9.17) is 0 Å². The van der Waals surface area contributed by atoms with Gasteiger partial charge in [0.2, 0.25) is 5.91 Å². The van der Waals surface area contributed by atoms with Gasteiger partial charge in [-0.1, -0.05) is 20.8 Å². The molecule has 1 aliphatic rings. The Balaban J connectivity index is 2.55. The van der Waals surface area contributed by atoms with Crippen LogP contribution in [-0.4, -0.2) is 36.2 Å². The Morgan fingerprint density at radius 2 is 1.69 bits per heavy atom. The number of carbonyl (C=O) groups is 1. The molecule has 1 amide bonds. The lowest BCUT2D eigenvalue weighted by Gasteiger charge is -2.32. The summed E-state index contributed by atoms with van der Waals surface area (Å²) < 4.78 is 11.1. The van der Waals surface area contributed by atoms with E-state index in [2.05, 4.69) is 0 Å². The van der Waals surface area contributed by atoms with Crippen LogP contribution in [0.15, 0.2) is 0 Å². The smallest absolute Gasteiger partial charge is 0.227 e. The molecule has 4 heteroatoms. The van der Waals surface area contributed by atoms with Gasteiger partial charge in [0.1, 0.15) is 0 Å². The third kappa shape index (κ3) is 2.84. The van der Waals surface area contributed by atoms with Crippen molar-refractivity contribution in [3.8, 4) is 0 Å². The number of hydrogen-bond acceptors (Lipinski definition) is 2. The molecule has 0 radical (unpaired) electrons. The molecule has 0 aliphatic carbocycles. The minimum atomic E-state index is -1.35. The number of nitrogens with zero attached hydrogens (tertiary/aromatic N) is 1. The SMILES string of the molecule is CC(C)(C)C(=O)N1CC[PH](=O)CC1. The maximum atomic E-state index is 11.8. The summed E-state index contributed by atoms with van der Waals surface area (Å²) in [5, 5.41) is 0. The maximum absolute atomic E-state index is 11.8. The quantitative estimate of drug-likeness (QED) is 0.558. The summed E-state index contributed by atoms with van der Waals surface area (Å²) in [6.45, 7) is 7.15. The van der Waals surface area contributed by atoms with Crippen molar-refractivity contribution >= 4 is 13.7 Å². The largest absolute Gasteiger partial charge is 0.341 e. The Bertz CT molecular complexity index is 222. The summed E-state index contributed by atoms with van der Waals surface area (Å²) in [6.07, 6.45) is 1.43. The fraction of sp³-hybridized carbons (Fsp3) is 0.889. The number of amides is 1. The molecule has 13 heavy (non-hydrogen) atoms. The first-order valence-corrected chi connectivity index (χ1v) is 6.54. The molecule has 0 spiro atoms. The number of carbonyl (C=O) groups excluding carboxylic acids is 1. The van der Waals surface area contributed by atoms with E-state index in [-0.39, 0.29) is 11.3 Å². The summed E-state index contributed by atoms with van der Waals surface area (Å²) in [6, 6.07) is 0. The third-order valence-corrected chi connectivity index (χ3v) is 3.81. The van der Waals surface area contributed by atoms with Crippen LogP contribution in [0.25, 0.3) is 0 Å². The number of rotatable bonds is 0. The van der Waals surface area contributed by atoms with E-state index in [0.29, 0.717) is 25.4 Å². The lowest BCUT2D eigenvalue weighted by molar-refractivity contribution is -0.139. The lowest BCUT2D eigenvalue weighted by atomic mass is 9.95. The average Bonchev–Trinajstić information content (AvgIpc) is 2.03. The Hall–Kier alpha value is -0.300. The van der Waals surface area contributed by atoms with Gasteiger partial charge in [-0.05, 0) is 0 Å². The monoisotopic (exact) mass is 203 g/mol. The van der Waals surface area contributed by atoms with E-state index < -0.39 is 7.80 Å². The molecule has 1 aliphatic heterocycles. The molecule has 0 aromatic carbocycles. The van der Waals surface area contributed by atoms with Crippen molar-refractivity contribution in [1.29, 1.82) is 0 Å². The first-order valence-electron chi connectivity index (χ1n) is 4.72. The maximum Gasteiger partial charge on any atom is 0.227 e. The van der Waals surface area contributed by atoms with E-state index in [9.17, 15) is 9.36 Å². The van der Waals surface area contributed by atoms with Crippen molar-refractivity contribution in [1.82, 2.24) is 4.90 Å². The van der Waals surface area contributed by atoms with Crippen molar-refractivity contribution in [2.75, 3.05) is 25.4 Å². The lowest BCUT2D eigenvalue weighted by Crippen LogP contribution is -2.43. The van der Waals surface area contributed by atoms with Crippen LogP contribution in [-0.2, 0) is 9.36 Å². The molecule has 1 saturated heterocycles. The standard InChI is InChI=1S/C9H18NO2P/c1-9(2,3)8(11)10-4-6-13(12)7-5-10/h13H,4-7H2,1-3H3. The van der Waals surface area contributed by atoms with Crippen LogP contribution in [0.3, 0.4) is 0 Å². The van der Waals surface area contributed by atoms with Crippen LogP contribution >= 0.6 is 7.80 Å². The zero-order valence-corrected chi connectivity index (χ0v) is 9.59. The molecular formula is C9H18NO2P. The fourth-order valence-corrected chi connectivity index (χ4v) is 2.72. The third-order valence-electron chi connectivity index (χ3n) is 2.25. The summed E-state index contributed by atoms with van der Waals surface area (Å²) in [7, 11) is -1.35. The minimum absolute atomic E-state index is 0.182. The first-order chi connectivity index (χ1) is 5.91. The first kappa shape index (κ1) is 10.8.